The van der Waals surface area contributed by atoms with Gasteiger partial charge in [-0.2, -0.15) is 0 Å². The molecule has 4 rings (SSSR count). The van der Waals surface area contributed by atoms with Gasteiger partial charge in [0.05, 0.1) is 19.8 Å². The van der Waals surface area contributed by atoms with Crippen LogP contribution in [0.1, 0.15) is 36.2 Å². The first kappa shape index (κ1) is 27.2. The van der Waals surface area contributed by atoms with Crippen LogP contribution in [0.3, 0.4) is 0 Å². The van der Waals surface area contributed by atoms with Gasteiger partial charge in [0.25, 0.3) is 0 Å². The Morgan fingerprint density at radius 3 is 2.26 bits per heavy atom. The Labute approximate surface area is 225 Å². The van der Waals surface area contributed by atoms with Gasteiger partial charge in [-0.15, -0.1) is 0 Å². The highest BCUT2D eigenvalue weighted by Crippen LogP contribution is 2.24. The summed E-state index contributed by atoms with van der Waals surface area (Å²) in [5.74, 6) is 0.637. The fraction of sp³-hybridized carbons (Fsp3) is 0.281. The number of rotatable bonds is 13. The van der Waals surface area contributed by atoms with Gasteiger partial charge < -0.3 is 14.4 Å². The summed E-state index contributed by atoms with van der Waals surface area (Å²) >= 11 is 0. The molecule has 3 aromatic carbocycles. The predicted molar refractivity (Wildman–Crippen MR) is 150 cm³/mol. The zero-order chi connectivity index (χ0) is 26.7. The molecule has 0 saturated heterocycles. The highest BCUT2D eigenvalue weighted by molar-refractivity contribution is 5.76. The predicted octanol–water partition coefficient (Wildman–Crippen LogP) is 5.99. The molecule has 6 nitrogen and oxygen atoms in total. The quantitative estimate of drug-likeness (QED) is 0.224. The number of aliphatic hydroxyl groups is 1. The molecule has 38 heavy (non-hydrogen) atoms. The molecule has 4 aromatic rings. The summed E-state index contributed by atoms with van der Waals surface area (Å²) in [6.07, 6.45) is 0.845. The van der Waals surface area contributed by atoms with Crippen molar-refractivity contribution in [1.82, 2.24) is 9.63 Å². The van der Waals surface area contributed by atoms with Gasteiger partial charge in [0, 0.05) is 17.8 Å². The van der Waals surface area contributed by atoms with Crippen LogP contribution in [0.2, 0.25) is 0 Å². The van der Waals surface area contributed by atoms with Crippen molar-refractivity contribution in [3.63, 3.8) is 0 Å². The second-order valence-corrected chi connectivity index (χ2v) is 9.12. The van der Waals surface area contributed by atoms with Gasteiger partial charge in [-0.3, -0.25) is 9.63 Å². The lowest BCUT2D eigenvalue weighted by molar-refractivity contribution is -0.204. The summed E-state index contributed by atoms with van der Waals surface area (Å²) in [6.45, 7) is 5.38. The molecule has 0 aliphatic carbocycles. The molecular formula is C32H36N2O4. The van der Waals surface area contributed by atoms with Crippen molar-refractivity contribution < 1.29 is 19.5 Å². The van der Waals surface area contributed by atoms with E-state index in [-0.39, 0.29) is 18.9 Å². The number of carbonyl (C=O) groups is 1. The van der Waals surface area contributed by atoms with Gasteiger partial charge in [0.15, 0.2) is 0 Å². The standard InChI is InChI=1S/C32H36N2O4/c1-3-38-34(31(24-35)28-12-8-5-9-13-28)32(36)21-17-26-15-18-29(19-16-26)37-23-22-33-25(2)14-20-30(33)27-10-6-4-7-11-27/h4-16,18-20,31,35H,3,17,21-24H2,1-2H3. The van der Waals surface area contributed by atoms with E-state index in [1.807, 2.05) is 67.6 Å². The molecule has 1 atom stereocenters. The average Bonchev–Trinajstić information content (AvgIpc) is 3.33. The summed E-state index contributed by atoms with van der Waals surface area (Å²) < 4.78 is 8.30. The third kappa shape index (κ3) is 6.91. The molecule has 1 N–H and O–H groups in total. The zero-order valence-corrected chi connectivity index (χ0v) is 22.1. The first-order chi connectivity index (χ1) is 18.6. The number of hydroxylamine groups is 2. The van der Waals surface area contributed by atoms with Crippen LogP contribution in [0.15, 0.2) is 97.1 Å². The van der Waals surface area contributed by atoms with Gasteiger partial charge in [-0.25, -0.2) is 5.06 Å². The molecule has 198 valence electrons. The summed E-state index contributed by atoms with van der Waals surface area (Å²) in [5.41, 5.74) is 5.45. The topological polar surface area (TPSA) is 63.9 Å². The molecule has 0 aliphatic rings. The molecule has 0 bridgehead atoms. The van der Waals surface area contributed by atoms with Crippen LogP contribution in [-0.4, -0.2) is 40.5 Å². The van der Waals surface area contributed by atoms with E-state index < -0.39 is 6.04 Å². The first-order valence-electron chi connectivity index (χ1n) is 13.1. The van der Waals surface area contributed by atoms with E-state index in [2.05, 4.69) is 47.9 Å². The Bertz CT molecular complexity index is 1270. The SMILES string of the molecule is CCON(C(=O)CCc1ccc(OCCn2c(C)ccc2-c2ccccc2)cc1)C(CO)c1ccccc1. The van der Waals surface area contributed by atoms with Crippen molar-refractivity contribution in [1.29, 1.82) is 0 Å². The number of benzene rings is 3. The summed E-state index contributed by atoms with van der Waals surface area (Å²) in [5, 5.41) is 11.3. The van der Waals surface area contributed by atoms with Gasteiger partial charge in [0.1, 0.15) is 18.4 Å². The number of aliphatic hydroxyl groups excluding tert-OH is 1. The van der Waals surface area contributed by atoms with Crippen molar-refractivity contribution >= 4 is 5.91 Å². The first-order valence-corrected chi connectivity index (χ1v) is 13.1. The van der Waals surface area contributed by atoms with Gasteiger partial charge in [0.2, 0.25) is 5.91 Å². The number of hydrogen-bond acceptors (Lipinski definition) is 4. The second-order valence-electron chi connectivity index (χ2n) is 9.12. The number of aryl methyl sites for hydroxylation is 2. The van der Waals surface area contributed by atoms with Crippen molar-refractivity contribution in [2.75, 3.05) is 19.8 Å². The minimum atomic E-state index is -0.536. The van der Waals surface area contributed by atoms with Gasteiger partial charge in [-0.05, 0) is 61.2 Å². The van der Waals surface area contributed by atoms with Crippen LogP contribution in [-0.2, 0) is 22.6 Å². The third-order valence-corrected chi connectivity index (χ3v) is 6.56. The maximum absolute atomic E-state index is 13.0. The van der Waals surface area contributed by atoms with E-state index in [9.17, 15) is 9.90 Å². The fourth-order valence-electron chi connectivity index (χ4n) is 4.56. The lowest BCUT2D eigenvalue weighted by Gasteiger charge is -2.29. The molecule has 0 radical (unpaired) electrons. The molecule has 0 spiro atoms. The molecule has 6 heteroatoms. The van der Waals surface area contributed by atoms with E-state index in [4.69, 9.17) is 9.57 Å². The summed E-state index contributed by atoms with van der Waals surface area (Å²) in [7, 11) is 0. The molecule has 1 unspecified atom stereocenters. The average molecular weight is 513 g/mol. The molecule has 1 aromatic heterocycles. The Hall–Kier alpha value is -3.87. The van der Waals surface area contributed by atoms with Crippen LogP contribution in [0.25, 0.3) is 11.3 Å². The maximum Gasteiger partial charge on any atom is 0.247 e. The lowest BCUT2D eigenvalue weighted by Crippen LogP contribution is -2.37. The van der Waals surface area contributed by atoms with E-state index in [0.717, 1.165) is 23.4 Å². The number of hydrogen-bond donors (Lipinski definition) is 1. The molecule has 1 heterocycles. The van der Waals surface area contributed by atoms with E-state index in [1.54, 1.807) is 0 Å². The number of amides is 1. The van der Waals surface area contributed by atoms with Gasteiger partial charge in [-0.1, -0.05) is 72.8 Å². The van der Waals surface area contributed by atoms with Crippen LogP contribution in [0.4, 0.5) is 0 Å². The lowest BCUT2D eigenvalue weighted by atomic mass is 10.1. The maximum atomic E-state index is 13.0. The van der Waals surface area contributed by atoms with Crippen LogP contribution in [0.5, 0.6) is 5.75 Å². The number of carbonyl (C=O) groups excluding carboxylic acids is 1. The Balaban J connectivity index is 1.30. The van der Waals surface area contributed by atoms with Crippen molar-refractivity contribution in [3.05, 3.63) is 114 Å². The largest absolute Gasteiger partial charge is 0.492 e. The van der Waals surface area contributed by atoms with E-state index >= 15 is 0 Å². The van der Waals surface area contributed by atoms with Crippen molar-refractivity contribution in [3.8, 4) is 17.0 Å². The fourth-order valence-corrected chi connectivity index (χ4v) is 4.56. The summed E-state index contributed by atoms with van der Waals surface area (Å²) in [4.78, 5) is 18.7. The second kappa shape index (κ2) is 13.6. The Morgan fingerprint density at radius 1 is 0.921 bits per heavy atom. The number of nitrogens with zero attached hydrogens (tertiary/aromatic N) is 2. The van der Waals surface area contributed by atoms with Crippen molar-refractivity contribution in [2.24, 2.45) is 0 Å². The van der Waals surface area contributed by atoms with Gasteiger partial charge >= 0.3 is 0 Å². The monoisotopic (exact) mass is 512 g/mol. The van der Waals surface area contributed by atoms with E-state index in [0.29, 0.717) is 19.6 Å². The molecule has 0 aliphatic heterocycles. The highest BCUT2D eigenvalue weighted by atomic mass is 16.7. The van der Waals surface area contributed by atoms with Crippen LogP contribution >= 0.6 is 0 Å². The number of aromatic nitrogens is 1. The third-order valence-electron chi connectivity index (χ3n) is 6.56. The Kier molecular flexibility index (Phi) is 9.73. The minimum Gasteiger partial charge on any atom is -0.492 e. The smallest absolute Gasteiger partial charge is 0.247 e. The molecule has 0 saturated carbocycles. The minimum absolute atomic E-state index is 0.161. The van der Waals surface area contributed by atoms with Crippen LogP contribution < -0.4 is 4.74 Å². The van der Waals surface area contributed by atoms with Crippen LogP contribution in [0, 0.1) is 6.92 Å². The Morgan fingerprint density at radius 2 is 1.61 bits per heavy atom. The molecular weight excluding hydrogens is 476 g/mol. The zero-order valence-electron chi connectivity index (χ0n) is 22.1. The number of ether oxygens (including phenoxy) is 1. The highest BCUT2D eigenvalue weighted by Gasteiger charge is 2.25. The van der Waals surface area contributed by atoms with Crippen molar-refractivity contribution in [2.45, 2.75) is 39.3 Å². The molecule has 1 amide bonds. The summed E-state index contributed by atoms with van der Waals surface area (Å²) in [6, 6.07) is 31.4. The molecule has 0 fully saturated rings. The normalized spacial score (nSPS) is 11.8. The van der Waals surface area contributed by atoms with E-state index in [1.165, 1.54) is 22.0 Å².